The first-order valence-electron chi connectivity index (χ1n) is 11.7. The molecule has 2 heterocycles. The van der Waals surface area contributed by atoms with E-state index in [9.17, 15) is 14.4 Å². The van der Waals surface area contributed by atoms with Crippen LogP contribution in [0.4, 0.5) is 5.69 Å². The molecule has 4 rings (SSSR count). The Morgan fingerprint density at radius 3 is 2.68 bits per heavy atom. The predicted octanol–water partition coefficient (Wildman–Crippen LogP) is 2.68. The summed E-state index contributed by atoms with van der Waals surface area (Å²) in [5, 5.41) is 6.58. The minimum Gasteiger partial charge on any atom is -0.451 e. The number of likely N-dealkylation sites (tertiary alicyclic amines) is 1. The van der Waals surface area contributed by atoms with Crippen LogP contribution in [0.5, 0.6) is 0 Å². The summed E-state index contributed by atoms with van der Waals surface area (Å²) in [7, 11) is 0. The maximum Gasteiger partial charge on any atom is 0.287 e. The molecule has 0 radical (unpaired) electrons. The van der Waals surface area contributed by atoms with E-state index in [2.05, 4.69) is 17.2 Å². The van der Waals surface area contributed by atoms with Crippen molar-refractivity contribution in [3.8, 4) is 0 Å². The summed E-state index contributed by atoms with van der Waals surface area (Å²) in [5.74, 6) is 0.339. The van der Waals surface area contributed by atoms with Crippen molar-refractivity contribution in [1.82, 2.24) is 10.2 Å². The van der Waals surface area contributed by atoms with Gasteiger partial charge in [-0.25, -0.2) is 0 Å². The second-order valence-corrected chi connectivity index (χ2v) is 9.15. The molecule has 1 unspecified atom stereocenters. The highest BCUT2D eigenvalue weighted by atomic mass is 16.3. The van der Waals surface area contributed by atoms with Crippen LogP contribution in [0.15, 0.2) is 47.4 Å². The number of furan rings is 1. The molecule has 2 fully saturated rings. The van der Waals surface area contributed by atoms with Crippen molar-refractivity contribution >= 4 is 35.6 Å². The molecule has 1 saturated carbocycles. The van der Waals surface area contributed by atoms with Gasteiger partial charge in [0.25, 0.3) is 11.8 Å². The number of carbonyl (C=O) groups is 3. The summed E-state index contributed by atoms with van der Waals surface area (Å²) >= 11 is 0. The van der Waals surface area contributed by atoms with Gasteiger partial charge in [0.1, 0.15) is 5.42 Å². The Bertz CT molecular complexity index is 1230. The molecule has 2 aliphatic rings. The van der Waals surface area contributed by atoms with Crippen molar-refractivity contribution in [3.05, 3.63) is 64.9 Å². The van der Waals surface area contributed by atoms with E-state index in [0.29, 0.717) is 48.0 Å². The summed E-state index contributed by atoms with van der Waals surface area (Å²) in [5.41, 5.74) is 2.07. The number of amides is 3. The molecule has 7 heteroatoms. The zero-order chi connectivity index (χ0) is 24.3. The Morgan fingerprint density at radius 2 is 2.00 bits per heavy atom. The summed E-state index contributed by atoms with van der Waals surface area (Å²) < 4.78 is 5.67. The Hall–Kier alpha value is -3.61. The lowest BCUT2D eigenvalue weighted by molar-refractivity contribution is -0.114. The van der Waals surface area contributed by atoms with Gasteiger partial charge in [-0.15, -0.1) is 0 Å². The molecule has 1 aliphatic carbocycles. The first kappa shape index (κ1) is 23.5. The van der Waals surface area contributed by atoms with Crippen LogP contribution < -0.4 is 21.3 Å². The molecule has 1 spiro atoms. The summed E-state index contributed by atoms with van der Waals surface area (Å²) in [6, 6.07) is 8.79. The number of hydrogen-bond donors (Lipinski definition) is 2. The first-order valence-corrected chi connectivity index (χ1v) is 11.7. The Morgan fingerprint density at radius 1 is 1.24 bits per heavy atom. The third kappa shape index (κ3) is 4.98. The number of allylic oxidation sites excluding steroid dienone is 1. The van der Waals surface area contributed by atoms with Gasteiger partial charge in [-0.1, -0.05) is 24.8 Å². The molecule has 1 atom stereocenters. The zero-order valence-corrected chi connectivity index (χ0v) is 19.7. The standard InChI is InChI=1S/C27H31N3O4/c1-4-7-19-15-24(34-23(19)5-2)25(32)28-17-21-16-27(21)10-12-30(13-11-27)26(33)20-8-6-9-22(14-20)29-18(3)31/h4-9,14-15,21H,1,10-13,16-17H2,2-3H3,(H,28,32)(H,29,31)/b19-7-,23-5+. The van der Waals surface area contributed by atoms with E-state index >= 15 is 0 Å². The van der Waals surface area contributed by atoms with E-state index in [1.807, 2.05) is 24.0 Å². The predicted molar refractivity (Wildman–Crippen MR) is 132 cm³/mol. The minimum absolute atomic E-state index is 0.0129. The fraction of sp³-hybridized carbons (Fsp3) is 0.370. The average molecular weight is 462 g/mol. The summed E-state index contributed by atoms with van der Waals surface area (Å²) in [6.07, 6.45) is 8.24. The average Bonchev–Trinajstić information content (AvgIpc) is 3.32. The van der Waals surface area contributed by atoms with Gasteiger partial charge < -0.3 is 20.0 Å². The van der Waals surface area contributed by atoms with Gasteiger partial charge in [0, 0.05) is 43.0 Å². The maximum atomic E-state index is 13.0. The van der Waals surface area contributed by atoms with E-state index < -0.39 is 0 Å². The van der Waals surface area contributed by atoms with E-state index in [4.69, 9.17) is 4.42 Å². The molecule has 2 N–H and O–H groups in total. The van der Waals surface area contributed by atoms with Crippen LogP contribution in [0.2, 0.25) is 0 Å². The van der Waals surface area contributed by atoms with Crippen molar-refractivity contribution in [2.45, 2.75) is 33.1 Å². The van der Waals surface area contributed by atoms with Gasteiger partial charge in [0.2, 0.25) is 5.91 Å². The van der Waals surface area contributed by atoms with Crippen LogP contribution in [0.1, 0.15) is 54.0 Å². The highest BCUT2D eigenvalue weighted by molar-refractivity contribution is 5.97. The van der Waals surface area contributed by atoms with Crippen molar-refractivity contribution in [2.24, 2.45) is 11.3 Å². The quantitative estimate of drug-likeness (QED) is 0.692. The Balaban J connectivity index is 1.29. The van der Waals surface area contributed by atoms with Gasteiger partial charge in [0.15, 0.2) is 5.76 Å². The van der Waals surface area contributed by atoms with Gasteiger partial charge in [0.05, 0.1) is 0 Å². The topological polar surface area (TPSA) is 91.7 Å². The van der Waals surface area contributed by atoms with Crippen LogP contribution in [-0.4, -0.2) is 42.3 Å². The Labute approximate surface area is 199 Å². The minimum atomic E-state index is -0.208. The molecule has 1 aromatic carbocycles. The fourth-order valence-corrected chi connectivity index (χ4v) is 4.92. The van der Waals surface area contributed by atoms with Crippen LogP contribution in [-0.2, 0) is 4.79 Å². The van der Waals surface area contributed by atoms with Crippen LogP contribution in [0.3, 0.4) is 0 Å². The fourth-order valence-electron chi connectivity index (χ4n) is 4.92. The van der Waals surface area contributed by atoms with E-state index in [1.165, 1.54) is 6.92 Å². The molecule has 3 amide bonds. The third-order valence-electron chi connectivity index (χ3n) is 6.92. The smallest absolute Gasteiger partial charge is 0.287 e. The molecule has 178 valence electrons. The molecule has 1 aliphatic heterocycles. The monoisotopic (exact) mass is 461 g/mol. The SMILES string of the molecule is C=C/C=c1/cc(C(=O)NCC2CC23CCN(C(=O)c2cccc(NC(C)=O)c2)CC3)o/c1=C/C. The Kier molecular flexibility index (Phi) is 6.72. The number of nitrogens with zero attached hydrogens (tertiary/aromatic N) is 1. The van der Waals surface area contributed by atoms with Crippen molar-refractivity contribution in [3.63, 3.8) is 0 Å². The normalized spacial score (nSPS) is 19.7. The van der Waals surface area contributed by atoms with Crippen molar-refractivity contribution < 1.29 is 18.8 Å². The number of anilines is 1. The number of benzene rings is 1. The van der Waals surface area contributed by atoms with E-state index in [1.54, 1.807) is 36.4 Å². The molecule has 1 aromatic heterocycles. The molecule has 2 aromatic rings. The second-order valence-electron chi connectivity index (χ2n) is 9.15. The van der Waals surface area contributed by atoms with Gasteiger partial charge in [-0.3, -0.25) is 14.4 Å². The lowest BCUT2D eigenvalue weighted by atomic mass is 9.90. The molecule has 34 heavy (non-hydrogen) atoms. The number of hydrogen-bond acceptors (Lipinski definition) is 4. The maximum absolute atomic E-state index is 13.0. The number of carbonyl (C=O) groups excluding carboxylic acids is 3. The van der Waals surface area contributed by atoms with E-state index in [-0.39, 0.29) is 23.1 Å². The van der Waals surface area contributed by atoms with Gasteiger partial charge >= 0.3 is 0 Å². The summed E-state index contributed by atoms with van der Waals surface area (Å²) in [4.78, 5) is 38.7. The third-order valence-corrected chi connectivity index (χ3v) is 6.92. The zero-order valence-electron chi connectivity index (χ0n) is 19.7. The molecule has 0 bridgehead atoms. The lowest BCUT2D eigenvalue weighted by Gasteiger charge is -2.33. The van der Waals surface area contributed by atoms with Crippen LogP contribution >= 0.6 is 0 Å². The van der Waals surface area contributed by atoms with Crippen molar-refractivity contribution in [1.29, 1.82) is 0 Å². The first-order chi connectivity index (χ1) is 16.3. The highest BCUT2D eigenvalue weighted by Crippen LogP contribution is 2.59. The van der Waals surface area contributed by atoms with E-state index in [0.717, 1.165) is 24.5 Å². The van der Waals surface area contributed by atoms with Gasteiger partial charge in [-0.2, -0.15) is 0 Å². The molecular weight excluding hydrogens is 430 g/mol. The number of piperidine rings is 1. The van der Waals surface area contributed by atoms with Crippen molar-refractivity contribution in [2.75, 3.05) is 25.0 Å². The molecular formula is C27H31N3O4. The van der Waals surface area contributed by atoms with Gasteiger partial charge in [-0.05, 0) is 67.9 Å². The number of nitrogens with one attached hydrogen (secondary N) is 2. The van der Waals surface area contributed by atoms with Crippen LogP contribution in [0.25, 0.3) is 12.2 Å². The molecule has 7 nitrogen and oxygen atoms in total. The molecule has 1 saturated heterocycles. The largest absolute Gasteiger partial charge is 0.451 e. The lowest BCUT2D eigenvalue weighted by Crippen LogP contribution is -2.40. The second kappa shape index (κ2) is 9.71. The summed E-state index contributed by atoms with van der Waals surface area (Å²) in [6.45, 7) is 9.01. The van der Waals surface area contributed by atoms with Crippen LogP contribution in [0, 0.1) is 11.3 Å². The number of rotatable bonds is 6. The highest BCUT2D eigenvalue weighted by Gasteiger charge is 2.54.